The van der Waals surface area contributed by atoms with Crippen molar-refractivity contribution < 1.29 is 14.3 Å². The molecule has 156 valence electrons. The number of carbonyl (C=O) groups is 2. The Morgan fingerprint density at radius 2 is 1.81 bits per heavy atom. The maximum absolute atomic E-state index is 12.8. The van der Waals surface area contributed by atoms with E-state index < -0.39 is 5.97 Å². The quantitative estimate of drug-likeness (QED) is 0.487. The van der Waals surface area contributed by atoms with Gasteiger partial charge < -0.3 is 10.1 Å². The molecule has 4 rings (SSSR count). The van der Waals surface area contributed by atoms with Crippen molar-refractivity contribution in [3.8, 4) is 5.69 Å². The van der Waals surface area contributed by atoms with E-state index in [0.717, 1.165) is 22.3 Å². The van der Waals surface area contributed by atoms with Crippen molar-refractivity contribution in [2.45, 2.75) is 20.8 Å². The molecule has 0 saturated heterocycles. The Bertz CT molecular complexity index is 1280. The van der Waals surface area contributed by atoms with Crippen LogP contribution in [0.15, 0.2) is 60.8 Å². The van der Waals surface area contributed by atoms with Gasteiger partial charge in [0.25, 0.3) is 5.91 Å². The number of nitrogens with one attached hydrogen (secondary N) is 1. The summed E-state index contributed by atoms with van der Waals surface area (Å²) in [4.78, 5) is 29.4. The largest absolute Gasteiger partial charge is 0.462 e. The van der Waals surface area contributed by atoms with Crippen LogP contribution in [0.25, 0.3) is 16.6 Å². The molecule has 2 aromatic heterocycles. The first-order chi connectivity index (χ1) is 15.0. The van der Waals surface area contributed by atoms with Crippen LogP contribution in [0.1, 0.15) is 39.0 Å². The van der Waals surface area contributed by atoms with E-state index in [0.29, 0.717) is 29.1 Å². The SMILES string of the molecule is CCOC(=O)c1cnn(-c2ccc(C(=O)Nc3cccc4ccc(C)nc34)cc2)c1C. The van der Waals surface area contributed by atoms with Crippen LogP contribution in [0.2, 0.25) is 0 Å². The first kappa shape index (κ1) is 20.3. The van der Waals surface area contributed by atoms with Crippen molar-refractivity contribution >= 4 is 28.5 Å². The topological polar surface area (TPSA) is 86.1 Å². The molecule has 0 fully saturated rings. The summed E-state index contributed by atoms with van der Waals surface area (Å²) in [5, 5.41) is 8.19. The summed E-state index contributed by atoms with van der Waals surface area (Å²) >= 11 is 0. The number of aromatic nitrogens is 3. The second kappa shape index (κ2) is 8.39. The summed E-state index contributed by atoms with van der Waals surface area (Å²) in [6.45, 7) is 5.78. The number of esters is 1. The summed E-state index contributed by atoms with van der Waals surface area (Å²) in [7, 11) is 0. The van der Waals surface area contributed by atoms with Gasteiger partial charge in [-0.25, -0.2) is 9.48 Å². The van der Waals surface area contributed by atoms with Gasteiger partial charge in [-0.1, -0.05) is 18.2 Å². The summed E-state index contributed by atoms with van der Waals surface area (Å²) in [6, 6.07) is 16.6. The number of ether oxygens (including phenoxy) is 1. The Labute approximate surface area is 179 Å². The van der Waals surface area contributed by atoms with Gasteiger partial charge in [-0.2, -0.15) is 5.10 Å². The van der Waals surface area contributed by atoms with E-state index >= 15 is 0 Å². The summed E-state index contributed by atoms with van der Waals surface area (Å²) < 4.78 is 6.70. The summed E-state index contributed by atoms with van der Waals surface area (Å²) in [6.07, 6.45) is 1.49. The van der Waals surface area contributed by atoms with Gasteiger partial charge in [-0.15, -0.1) is 0 Å². The molecule has 0 unspecified atom stereocenters. The van der Waals surface area contributed by atoms with E-state index in [2.05, 4.69) is 15.4 Å². The molecule has 2 heterocycles. The van der Waals surface area contributed by atoms with Crippen molar-refractivity contribution in [1.82, 2.24) is 14.8 Å². The van der Waals surface area contributed by atoms with Gasteiger partial charge >= 0.3 is 5.97 Å². The molecule has 0 atom stereocenters. The number of hydrogen-bond donors (Lipinski definition) is 1. The molecule has 0 saturated carbocycles. The Morgan fingerprint density at radius 1 is 1.03 bits per heavy atom. The number of nitrogens with zero attached hydrogens (tertiary/aromatic N) is 3. The molecule has 7 nitrogen and oxygen atoms in total. The van der Waals surface area contributed by atoms with Gasteiger partial charge in [0.1, 0.15) is 5.56 Å². The van der Waals surface area contributed by atoms with E-state index in [1.54, 1.807) is 42.8 Å². The number of rotatable bonds is 5. The lowest BCUT2D eigenvalue weighted by Crippen LogP contribution is -2.13. The number of benzene rings is 2. The number of anilines is 1. The monoisotopic (exact) mass is 414 g/mol. The first-order valence-electron chi connectivity index (χ1n) is 9.98. The lowest BCUT2D eigenvalue weighted by molar-refractivity contribution is 0.0525. The zero-order valence-corrected chi connectivity index (χ0v) is 17.5. The molecule has 0 aliphatic carbocycles. The first-order valence-corrected chi connectivity index (χ1v) is 9.98. The average molecular weight is 414 g/mol. The van der Waals surface area contributed by atoms with Crippen molar-refractivity contribution in [2.75, 3.05) is 11.9 Å². The van der Waals surface area contributed by atoms with E-state index in [4.69, 9.17) is 4.74 Å². The minimum absolute atomic E-state index is 0.230. The molecule has 2 aromatic carbocycles. The summed E-state index contributed by atoms with van der Waals surface area (Å²) in [5.74, 6) is -0.632. The zero-order valence-electron chi connectivity index (χ0n) is 17.5. The van der Waals surface area contributed by atoms with Gasteiger partial charge in [0.15, 0.2) is 0 Å². The van der Waals surface area contributed by atoms with Crippen LogP contribution >= 0.6 is 0 Å². The zero-order chi connectivity index (χ0) is 22.0. The van der Waals surface area contributed by atoms with Gasteiger partial charge in [0, 0.05) is 16.6 Å². The van der Waals surface area contributed by atoms with Crippen LogP contribution in [0.4, 0.5) is 5.69 Å². The molecule has 4 aromatic rings. The van der Waals surface area contributed by atoms with Crippen molar-refractivity contribution in [2.24, 2.45) is 0 Å². The molecule has 0 aliphatic rings. The van der Waals surface area contributed by atoms with Crippen LogP contribution in [0.5, 0.6) is 0 Å². The molecular weight excluding hydrogens is 392 g/mol. The van der Waals surface area contributed by atoms with Crippen LogP contribution in [0.3, 0.4) is 0 Å². The molecule has 0 spiro atoms. The smallest absolute Gasteiger partial charge is 0.341 e. The Morgan fingerprint density at radius 3 is 2.55 bits per heavy atom. The number of fused-ring (bicyclic) bond motifs is 1. The van der Waals surface area contributed by atoms with Gasteiger partial charge in [0.2, 0.25) is 0 Å². The highest BCUT2D eigenvalue weighted by molar-refractivity contribution is 6.08. The molecular formula is C24H22N4O3. The third kappa shape index (κ3) is 4.02. The Hall–Kier alpha value is -4.00. The number of pyridine rings is 1. The van der Waals surface area contributed by atoms with Crippen molar-refractivity contribution in [1.29, 1.82) is 0 Å². The fourth-order valence-electron chi connectivity index (χ4n) is 3.37. The van der Waals surface area contributed by atoms with Crippen LogP contribution < -0.4 is 5.32 Å². The van der Waals surface area contributed by atoms with Crippen LogP contribution in [0, 0.1) is 13.8 Å². The molecule has 0 bridgehead atoms. The number of para-hydroxylation sites is 1. The highest BCUT2D eigenvalue weighted by atomic mass is 16.5. The van der Waals surface area contributed by atoms with Crippen molar-refractivity contribution in [3.63, 3.8) is 0 Å². The molecule has 1 N–H and O–H groups in total. The fraction of sp³-hybridized carbons (Fsp3) is 0.167. The average Bonchev–Trinajstić information content (AvgIpc) is 3.16. The normalized spacial score (nSPS) is 10.8. The van der Waals surface area contributed by atoms with Gasteiger partial charge in [-0.05, 0) is 57.2 Å². The predicted octanol–water partition coefficient (Wildman–Crippen LogP) is 4.47. The summed E-state index contributed by atoms with van der Waals surface area (Å²) in [5.41, 5.74) is 4.64. The number of carbonyl (C=O) groups excluding carboxylic acids is 2. The Kier molecular flexibility index (Phi) is 5.49. The van der Waals surface area contributed by atoms with Crippen LogP contribution in [-0.2, 0) is 4.74 Å². The minimum atomic E-state index is -0.402. The Balaban J connectivity index is 1.56. The van der Waals surface area contributed by atoms with E-state index in [1.807, 2.05) is 37.3 Å². The van der Waals surface area contributed by atoms with E-state index in [-0.39, 0.29) is 5.91 Å². The molecule has 7 heteroatoms. The molecule has 31 heavy (non-hydrogen) atoms. The maximum atomic E-state index is 12.8. The van der Waals surface area contributed by atoms with Gasteiger partial charge in [0.05, 0.1) is 35.4 Å². The van der Waals surface area contributed by atoms with Gasteiger partial charge in [-0.3, -0.25) is 9.78 Å². The molecule has 0 radical (unpaired) electrons. The van der Waals surface area contributed by atoms with Crippen LogP contribution in [-0.4, -0.2) is 33.2 Å². The number of aryl methyl sites for hydroxylation is 1. The lowest BCUT2D eigenvalue weighted by Gasteiger charge is -2.10. The minimum Gasteiger partial charge on any atom is -0.462 e. The van der Waals surface area contributed by atoms with E-state index in [9.17, 15) is 9.59 Å². The third-order valence-electron chi connectivity index (χ3n) is 4.99. The molecule has 1 amide bonds. The highest BCUT2D eigenvalue weighted by Crippen LogP contribution is 2.23. The van der Waals surface area contributed by atoms with Crippen molar-refractivity contribution in [3.05, 3.63) is 83.3 Å². The highest BCUT2D eigenvalue weighted by Gasteiger charge is 2.16. The maximum Gasteiger partial charge on any atom is 0.341 e. The third-order valence-corrected chi connectivity index (χ3v) is 4.99. The second-order valence-corrected chi connectivity index (χ2v) is 7.11. The number of amides is 1. The second-order valence-electron chi connectivity index (χ2n) is 7.11. The molecule has 0 aliphatic heterocycles. The lowest BCUT2D eigenvalue weighted by atomic mass is 10.1. The fourth-order valence-corrected chi connectivity index (χ4v) is 3.37. The number of hydrogen-bond acceptors (Lipinski definition) is 5. The van der Waals surface area contributed by atoms with E-state index in [1.165, 1.54) is 6.20 Å². The standard InChI is InChI=1S/C24H22N4O3/c1-4-31-24(30)20-14-25-28(16(20)3)19-12-10-18(11-13-19)23(29)27-21-7-5-6-17-9-8-15(2)26-22(17)21/h5-14H,4H2,1-3H3,(H,27,29). The predicted molar refractivity (Wildman–Crippen MR) is 119 cm³/mol.